The van der Waals surface area contributed by atoms with Crippen LogP contribution < -0.4 is 0 Å². The topological polar surface area (TPSA) is 80.5 Å². The third-order valence-corrected chi connectivity index (χ3v) is 5.10. The van der Waals surface area contributed by atoms with Crippen molar-refractivity contribution in [2.75, 3.05) is 19.6 Å². The Hall–Kier alpha value is -2.39. The van der Waals surface area contributed by atoms with Gasteiger partial charge in [-0.2, -0.15) is 5.10 Å². The molecule has 1 aliphatic rings. The number of halogens is 2. The van der Waals surface area contributed by atoms with E-state index >= 15 is 0 Å². The minimum Gasteiger partial charge on any atom is -0.462 e. The molecule has 9 heteroatoms. The molecule has 0 radical (unpaired) electrons. The minimum absolute atomic E-state index is 0.00255. The monoisotopic (exact) mass is 408 g/mol. The SMILES string of the molecule is CC(C)C(=O)OC1CCN(CC(O)(Cn2cncn2)c2ccc(F)cc2F)CC1. The van der Waals surface area contributed by atoms with E-state index in [0.29, 0.717) is 25.9 Å². The van der Waals surface area contributed by atoms with Crippen LogP contribution >= 0.6 is 0 Å². The summed E-state index contributed by atoms with van der Waals surface area (Å²) in [5.41, 5.74) is -1.63. The van der Waals surface area contributed by atoms with Gasteiger partial charge in [0.25, 0.3) is 0 Å². The van der Waals surface area contributed by atoms with Gasteiger partial charge in [0, 0.05) is 31.3 Å². The lowest BCUT2D eigenvalue weighted by Crippen LogP contribution is -2.48. The zero-order valence-electron chi connectivity index (χ0n) is 16.6. The Bertz CT molecular complexity index is 823. The van der Waals surface area contributed by atoms with Crippen LogP contribution in [0.3, 0.4) is 0 Å². The number of esters is 1. The Kier molecular flexibility index (Phi) is 6.59. The van der Waals surface area contributed by atoms with Crippen LogP contribution in [0.2, 0.25) is 0 Å². The average molecular weight is 408 g/mol. The Labute approximate surface area is 168 Å². The Morgan fingerprint density at radius 1 is 1.31 bits per heavy atom. The zero-order chi connectivity index (χ0) is 21.0. The fraction of sp³-hybridized carbons (Fsp3) is 0.550. The minimum atomic E-state index is -1.63. The van der Waals surface area contributed by atoms with Crippen LogP contribution in [-0.2, 0) is 21.7 Å². The van der Waals surface area contributed by atoms with Gasteiger partial charge in [-0.3, -0.25) is 9.69 Å². The second kappa shape index (κ2) is 8.96. The second-order valence-corrected chi connectivity index (χ2v) is 7.82. The van der Waals surface area contributed by atoms with Gasteiger partial charge in [0.05, 0.1) is 12.5 Å². The zero-order valence-corrected chi connectivity index (χ0v) is 16.6. The van der Waals surface area contributed by atoms with Crippen molar-refractivity contribution >= 4 is 5.97 Å². The molecular formula is C20H26F2N4O3. The van der Waals surface area contributed by atoms with Gasteiger partial charge in [0.2, 0.25) is 0 Å². The summed E-state index contributed by atoms with van der Waals surface area (Å²) < 4.78 is 34.8. The van der Waals surface area contributed by atoms with Crippen LogP contribution in [0.1, 0.15) is 32.3 Å². The molecule has 0 bridgehead atoms. The molecule has 158 valence electrons. The third-order valence-electron chi connectivity index (χ3n) is 5.10. The number of piperidine rings is 1. The van der Waals surface area contributed by atoms with Gasteiger partial charge in [0.15, 0.2) is 0 Å². The molecule has 2 aromatic rings. The molecule has 29 heavy (non-hydrogen) atoms. The van der Waals surface area contributed by atoms with Crippen molar-refractivity contribution in [3.8, 4) is 0 Å². The van der Waals surface area contributed by atoms with E-state index < -0.39 is 17.2 Å². The fourth-order valence-electron chi connectivity index (χ4n) is 3.53. The first kappa shape index (κ1) is 21.3. The van der Waals surface area contributed by atoms with Gasteiger partial charge in [-0.25, -0.2) is 18.4 Å². The Balaban J connectivity index is 1.72. The van der Waals surface area contributed by atoms with Crippen molar-refractivity contribution in [2.24, 2.45) is 5.92 Å². The Morgan fingerprint density at radius 2 is 2.03 bits per heavy atom. The molecule has 1 N–H and O–H groups in total. The van der Waals surface area contributed by atoms with Crippen molar-refractivity contribution in [1.29, 1.82) is 0 Å². The van der Waals surface area contributed by atoms with E-state index in [0.717, 1.165) is 12.1 Å². The number of carbonyl (C=O) groups is 1. The first-order valence-corrected chi connectivity index (χ1v) is 9.70. The first-order chi connectivity index (χ1) is 13.8. The Morgan fingerprint density at radius 3 is 2.62 bits per heavy atom. The summed E-state index contributed by atoms with van der Waals surface area (Å²) in [6.45, 7) is 4.84. The molecule has 0 aliphatic carbocycles. The first-order valence-electron chi connectivity index (χ1n) is 9.70. The van der Waals surface area contributed by atoms with Crippen LogP contribution in [0, 0.1) is 17.6 Å². The maximum Gasteiger partial charge on any atom is 0.308 e. The maximum absolute atomic E-state index is 14.5. The van der Waals surface area contributed by atoms with Gasteiger partial charge in [0.1, 0.15) is 36.0 Å². The number of rotatable bonds is 7. The van der Waals surface area contributed by atoms with E-state index in [-0.39, 0.29) is 36.6 Å². The smallest absolute Gasteiger partial charge is 0.308 e. The molecule has 1 aliphatic heterocycles. The highest BCUT2D eigenvalue weighted by Gasteiger charge is 2.37. The van der Waals surface area contributed by atoms with Gasteiger partial charge < -0.3 is 9.84 Å². The van der Waals surface area contributed by atoms with E-state index in [1.54, 1.807) is 13.8 Å². The number of aromatic nitrogens is 3. The predicted molar refractivity (Wildman–Crippen MR) is 101 cm³/mol. The number of β-amino-alcohol motifs (C(OH)–C–C–N with tert-alkyl or cyclic N) is 1. The molecule has 3 rings (SSSR count). The van der Waals surface area contributed by atoms with Crippen LogP contribution in [0.15, 0.2) is 30.9 Å². The number of nitrogens with zero attached hydrogens (tertiary/aromatic N) is 4. The second-order valence-electron chi connectivity index (χ2n) is 7.82. The molecule has 0 spiro atoms. The van der Waals surface area contributed by atoms with E-state index in [1.807, 2.05) is 4.90 Å². The van der Waals surface area contributed by atoms with Crippen molar-refractivity contribution in [3.05, 3.63) is 48.1 Å². The molecule has 1 aromatic carbocycles. The number of hydrogen-bond donors (Lipinski definition) is 1. The van der Waals surface area contributed by atoms with Crippen molar-refractivity contribution in [2.45, 2.75) is 44.9 Å². The lowest BCUT2D eigenvalue weighted by molar-refractivity contribution is -0.155. The number of benzene rings is 1. The van der Waals surface area contributed by atoms with Crippen molar-refractivity contribution in [1.82, 2.24) is 19.7 Å². The normalized spacial score (nSPS) is 18.0. The number of aliphatic hydroxyl groups is 1. The lowest BCUT2D eigenvalue weighted by Gasteiger charge is -2.38. The van der Waals surface area contributed by atoms with Crippen LogP contribution in [-0.4, -0.2) is 56.5 Å². The largest absolute Gasteiger partial charge is 0.462 e. The summed E-state index contributed by atoms with van der Waals surface area (Å²) in [7, 11) is 0. The molecule has 1 atom stereocenters. The molecule has 0 amide bonds. The highest BCUT2D eigenvalue weighted by Crippen LogP contribution is 2.29. The molecule has 1 aromatic heterocycles. The lowest BCUT2D eigenvalue weighted by atomic mass is 9.91. The number of likely N-dealkylation sites (tertiary alicyclic amines) is 1. The number of ether oxygens (including phenoxy) is 1. The van der Waals surface area contributed by atoms with Gasteiger partial charge in [-0.15, -0.1) is 0 Å². The summed E-state index contributed by atoms with van der Waals surface area (Å²) in [5.74, 6) is -1.92. The van der Waals surface area contributed by atoms with Gasteiger partial charge in [-0.1, -0.05) is 19.9 Å². The summed E-state index contributed by atoms with van der Waals surface area (Å²) in [5, 5.41) is 15.4. The molecule has 7 nitrogen and oxygen atoms in total. The molecular weight excluding hydrogens is 382 g/mol. The fourth-order valence-corrected chi connectivity index (χ4v) is 3.53. The predicted octanol–water partition coefficient (Wildman–Crippen LogP) is 2.11. The third kappa shape index (κ3) is 5.36. The van der Waals surface area contributed by atoms with E-state index in [9.17, 15) is 18.7 Å². The quantitative estimate of drug-likeness (QED) is 0.707. The van der Waals surface area contributed by atoms with E-state index in [1.165, 1.54) is 23.4 Å². The van der Waals surface area contributed by atoms with Gasteiger partial charge in [-0.05, 0) is 18.9 Å². The molecule has 1 fully saturated rings. The number of hydrogen-bond acceptors (Lipinski definition) is 6. The summed E-state index contributed by atoms with van der Waals surface area (Å²) in [6, 6.07) is 3.15. The van der Waals surface area contributed by atoms with Crippen molar-refractivity contribution in [3.63, 3.8) is 0 Å². The molecule has 0 saturated carbocycles. The van der Waals surface area contributed by atoms with E-state index in [4.69, 9.17) is 4.74 Å². The highest BCUT2D eigenvalue weighted by molar-refractivity contribution is 5.71. The van der Waals surface area contributed by atoms with Crippen molar-refractivity contribution < 1.29 is 23.4 Å². The van der Waals surface area contributed by atoms with Gasteiger partial charge >= 0.3 is 5.97 Å². The number of carbonyl (C=O) groups excluding carboxylic acids is 1. The summed E-state index contributed by atoms with van der Waals surface area (Å²) in [6.07, 6.45) is 3.86. The molecule has 1 saturated heterocycles. The summed E-state index contributed by atoms with van der Waals surface area (Å²) in [4.78, 5) is 17.6. The molecule has 2 heterocycles. The highest BCUT2D eigenvalue weighted by atomic mass is 19.1. The maximum atomic E-state index is 14.5. The summed E-state index contributed by atoms with van der Waals surface area (Å²) >= 11 is 0. The average Bonchev–Trinajstić information content (AvgIpc) is 3.15. The van der Waals surface area contributed by atoms with Crippen LogP contribution in [0.4, 0.5) is 8.78 Å². The van der Waals surface area contributed by atoms with Crippen LogP contribution in [0.5, 0.6) is 0 Å². The molecule has 1 unspecified atom stereocenters. The van der Waals surface area contributed by atoms with E-state index in [2.05, 4.69) is 10.1 Å². The standard InChI is InChI=1S/C20H26F2N4O3/c1-14(2)19(27)29-16-5-7-25(8-6-16)10-20(28,11-26-13-23-12-24-26)17-4-3-15(21)9-18(17)22/h3-4,9,12-14,16,28H,5-8,10-11H2,1-2H3. The van der Waals surface area contributed by atoms with Crippen LogP contribution in [0.25, 0.3) is 0 Å².